The van der Waals surface area contributed by atoms with E-state index >= 15 is 0 Å². The number of aryl methyl sites for hydroxylation is 2. The van der Waals surface area contributed by atoms with Crippen LogP contribution in [0.2, 0.25) is 0 Å². The lowest BCUT2D eigenvalue weighted by atomic mass is 10.2. The lowest BCUT2D eigenvalue weighted by molar-refractivity contribution is 0.460. The molecule has 0 amide bonds. The number of hydrogen-bond donors (Lipinski definition) is 1. The summed E-state index contributed by atoms with van der Waals surface area (Å²) in [5.74, 6) is 2.71. The summed E-state index contributed by atoms with van der Waals surface area (Å²) >= 11 is 3.46. The average molecular weight is 308 g/mol. The summed E-state index contributed by atoms with van der Waals surface area (Å²) in [5, 5.41) is 2.98. The van der Waals surface area contributed by atoms with Crippen LogP contribution in [0.3, 0.4) is 0 Å². The second-order valence-electron chi connectivity index (χ2n) is 3.90. The van der Waals surface area contributed by atoms with Gasteiger partial charge < -0.3 is 10.1 Å². The minimum Gasteiger partial charge on any atom is -0.439 e. The van der Waals surface area contributed by atoms with E-state index in [0.29, 0.717) is 11.7 Å². The maximum atomic E-state index is 5.73. The Balaban J connectivity index is 2.27. The summed E-state index contributed by atoms with van der Waals surface area (Å²) in [6, 6.07) is 7.58. The lowest BCUT2D eigenvalue weighted by Gasteiger charge is -2.08. The van der Waals surface area contributed by atoms with Crippen LogP contribution < -0.4 is 10.1 Å². The van der Waals surface area contributed by atoms with Crippen molar-refractivity contribution >= 4 is 21.7 Å². The molecule has 0 aliphatic heterocycles. The first kappa shape index (κ1) is 12.8. The molecule has 0 aliphatic rings. The normalized spacial score (nSPS) is 10.2. The van der Waals surface area contributed by atoms with E-state index < -0.39 is 0 Å². The largest absolute Gasteiger partial charge is 0.439 e. The summed E-state index contributed by atoms with van der Waals surface area (Å²) < 4.78 is 6.79. The number of nitrogens with one attached hydrogen (secondary N) is 1. The van der Waals surface area contributed by atoms with Crippen molar-refractivity contribution in [2.45, 2.75) is 13.8 Å². The minimum atomic E-state index is 0.536. The summed E-state index contributed by atoms with van der Waals surface area (Å²) in [7, 11) is 1.81. The van der Waals surface area contributed by atoms with Crippen molar-refractivity contribution in [3.63, 3.8) is 0 Å². The van der Waals surface area contributed by atoms with Crippen molar-refractivity contribution in [2.24, 2.45) is 0 Å². The SMILES string of the molecule is CNc1cc(Oc2ccc(Br)c(C)c2)nc(C)n1. The molecule has 0 fully saturated rings. The molecule has 0 radical (unpaired) electrons. The second kappa shape index (κ2) is 5.35. The molecular formula is C13H14BrN3O. The van der Waals surface area contributed by atoms with Gasteiger partial charge in [0.05, 0.1) is 0 Å². The van der Waals surface area contributed by atoms with Gasteiger partial charge >= 0.3 is 0 Å². The van der Waals surface area contributed by atoms with Crippen molar-refractivity contribution in [1.82, 2.24) is 9.97 Å². The molecule has 0 saturated carbocycles. The maximum absolute atomic E-state index is 5.73. The van der Waals surface area contributed by atoms with Crippen LogP contribution in [-0.2, 0) is 0 Å². The fourth-order valence-electron chi connectivity index (χ4n) is 1.52. The number of nitrogens with zero attached hydrogens (tertiary/aromatic N) is 2. The van der Waals surface area contributed by atoms with Gasteiger partial charge in [-0.15, -0.1) is 0 Å². The van der Waals surface area contributed by atoms with E-state index in [1.54, 1.807) is 6.07 Å². The second-order valence-corrected chi connectivity index (χ2v) is 4.76. The van der Waals surface area contributed by atoms with Crippen molar-refractivity contribution in [3.8, 4) is 11.6 Å². The Bertz CT molecular complexity index is 572. The quantitative estimate of drug-likeness (QED) is 0.939. The van der Waals surface area contributed by atoms with E-state index in [4.69, 9.17) is 4.74 Å². The fraction of sp³-hybridized carbons (Fsp3) is 0.231. The van der Waals surface area contributed by atoms with Crippen LogP contribution in [0.25, 0.3) is 0 Å². The molecule has 18 heavy (non-hydrogen) atoms. The van der Waals surface area contributed by atoms with E-state index in [1.165, 1.54) is 0 Å². The molecule has 5 heteroatoms. The van der Waals surface area contributed by atoms with Crippen molar-refractivity contribution in [3.05, 3.63) is 40.1 Å². The first-order valence-electron chi connectivity index (χ1n) is 5.56. The molecule has 0 atom stereocenters. The van der Waals surface area contributed by atoms with E-state index in [9.17, 15) is 0 Å². The molecule has 1 heterocycles. The first-order chi connectivity index (χ1) is 8.58. The van der Waals surface area contributed by atoms with E-state index in [2.05, 4.69) is 31.2 Å². The van der Waals surface area contributed by atoms with Gasteiger partial charge in [0.1, 0.15) is 17.4 Å². The predicted octanol–water partition coefficient (Wildman–Crippen LogP) is 3.69. The van der Waals surface area contributed by atoms with Gasteiger partial charge in [-0.2, -0.15) is 4.98 Å². The molecule has 0 aliphatic carbocycles. The number of hydrogen-bond acceptors (Lipinski definition) is 4. The van der Waals surface area contributed by atoms with Gasteiger partial charge in [-0.1, -0.05) is 15.9 Å². The third-order valence-electron chi connectivity index (χ3n) is 2.42. The van der Waals surface area contributed by atoms with E-state index in [-0.39, 0.29) is 0 Å². The summed E-state index contributed by atoms with van der Waals surface area (Å²) in [5.41, 5.74) is 1.12. The third kappa shape index (κ3) is 2.98. The molecule has 1 aromatic carbocycles. The van der Waals surface area contributed by atoms with E-state index in [1.807, 2.05) is 39.1 Å². The molecule has 1 N–H and O–H groups in total. The summed E-state index contributed by atoms with van der Waals surface area (Å²) in [4.78, 5) is 8.46. The lowest BCUT2D eigenvalue weighted by Crippen LogP contribution is -1.98. The van der Waals surface area contributed by atoms with Crippen LogP contribution in [0.4, 0.5) is 5.82 Å². The highest BCUT2D eigenvalue weighted by atomic mass is 79.9. The average Bonchev–Trinajstić information content (AvgIpc) is 2.33. The maximum Gasteiger partial charge on any atom is 0.224 e. The van der Waals surface area contributed by atoms with Gasteiger partial charge in [-0.3, -0.25) is 0 Å². The standard InChI is InChI=1S/C13H14BrN3O/c1-8-6-10(4-5-11(8)14)18-13-7-12(15-3)16-9(2)17-13/h4-7H,1-3H3,(H,15,16,17). The highest BCUT2D eigenvalue weighted by molar-refractivity contribution is 9.10. The Morgan fingerprint density at radius 2 is 1.94 bits per heavy atom. The first-order valence-corrected chi connectivity index (χ1v) is 6.35. The van der Waals surface area contributed by atoms with Gasteiger partial charge in [-0.05, 0) is 37.6 Å². The number of halogens is 1. The van der Waals surface area contributed by atoms with Crippen LogP contribution in [-0.4, -0.2) is 17.0 Å². The molecule has 0 saturated heterocycles. The fourth-order valence-corrected chi connectivity index (χ4v) is 1.77. The molecule has 0 spiro atoms. The van der Waals surface area contributed by atoms with Crippen LogP contribution in [0, 0.1) is 13.8 Å². The van der Waals surface area contributed by atoms with Crippen LogP contribution in [0.5, 0.6) is 11.6 Å². The van der Waals surface area contributed by atoms with Crippen LogP contribution >= 0.6 is 15.9 Å². The topological polar surface area (TPSA) is 47.0 Å². The van der Waals surface area contributed by atoms with Gasteiger partial charge in [0.2, 0.25) is 5.88 Å². The molecule has 4 nitrogen and oxygen atoms in total. The van der Waals surface area contributed by atoms with Crippen molar-refractivity contribution < 1.29 is 4.74 Å². The Morgan fingerprint density at radius 3 is 2.61 bits per heavy atom. The van der Waals surface area contributed by atoms with Gasteiger partial charge in [0.15, 0.2) is 0 Å². The van der Waals surface area contributed by atoms with E-state index in [0.717, 1.165) is 21.6 Å². The molecule has 0 unspecified atom stereocenters. The molecule has 2 aromatic rings. The summed E-state index contributed by atoms with van der Waals surface area (Å²) in [6.45, 7) is 3.85. The van der Waals surface area contributed by atoms with Crippen molar-refractivity contribution in [2.75, 3.05) is 12.4 Å². The Morgan fingerprint density at radius 1 is 1.17 bits per heavy atom. The van der Waals surface area contributed by atoms with Gasteiger partial charge in [0, 0.05) is 17.6 Å². The Hall–Kier alpha value is -1.62. The zero-order valence-electron chi connectivity index (χ0n) is 10.5. The molecule has 1 aromatic heterocycles. The third-order valence-corrected chi connectivity index (χ3v) is 3.31. The summed E-state index contributed by atoms with van der Waals surface area (Å²) in [6.07, 6.45) is 0. The van der Waals surface area contributed by atoms with Gasteiger partial charge in [-0.25, -0.2) is 4.98 Å². The van der Waals surface area contributed by atoms with Crippen LogP contribution in [0.1, 0.15) is 11.4 Å². The van der Waals surface area contributed by atoms with Crippen LogP contribution in [0.15, 0.2) is 28.7 Å². The van der Waals surface area contributed by atoms with Gasteiger partial charge in [0.25, 0.3) is 0 Å². The highest BCUT2D eigenvalue weighted by Crippen LogP contribution is 2.26. The molecule has 0 bridgehead atoms. The molecule has 2 rings (SSSR count). The minimum absolute atomic E-state index is 0.536. The highest BCUT2D eigenvalue weighted by Gasteiger charge is 2.04. The zero-order chi connectivity index (χ0) is 13.1. The number of ether oxygens (including phenoxy) is 1. The Labute approximate surface area is 115 Å². The monoisotopic (exact) mass is 307 g/mol. The van der Waals surface area contributed by atoms with Crippen molar-refractivity contribution in [1.29, 1.82) is 0 Å². The zero-order valence-corrected chi connectivity index (χ0v) is 12.1. The smallest absolute Gasteiger partial charge is 0.224 e. The Kier molecular flexibility index (Phi) is 3.81. The number of aromatic nitrogens is 2. The number of rotatable bonds is 3. The molecular weight excluding hydrogens is 294 g/mol. The predicted molar refractivity (Wildman–Crippen MR) is 75.3 cm³/mol. The molecule has 94 valence electrons. The number of benzene rings is 1. The number of anilines is 1.